The summed E-state index contributed by atoms with van der Waals surface area (Å²) in [5, 5.41) is 0.0494. The van der Waals surface area contributed by atoms with Crippen molar-refractivity contribution < 1.29 is 18.4 Å². The molecule has 0 spiro atoms. The largest absolute Gasteiger partial charge is 0.457 e. The SMILES string of the molecule is [2H]c1c([2H])c([2H])c(-c2c([2H])c([2H])c3c(c2[2H])c2c([2H])c([2H])c4cc2n3-c2cc(C(C)(C)C)cc(n2)-c2cccc(c2)-c2ccccc2-c2cccc(-c3ccccc3)c2N2CN(c3cccc(c3)O4)c3ccccc32)c([2H])c1[2H]. The monoisotopic (exact) mass is 898 g/mol. The van der Waals surface area contributed by atoms with Gasteiger partial charge >= 0.3 is 0 Å². The van der Waals surface area contributed by atoms with E-state index in [1.165, 1.54) is 0 Å². The van der Waals surface area contributed by atoms with Gasteiger partial charge in [0.05, 0.1) is 47.5 Å². The van der Waals surface area contributed by atoms with Crippen LogP contribution in [0.5, 0.6) is 11.5 Å². The van der Waals surface area contributed by atoms with E-state index in [0.29, 0.717) is 23.9 Å². The second-order valence-electron chi connectivity index (χ2n) is 18.5. The Bertz CT molecular complexity index is 4370. The molecule has 0 saturated carbocycles. The van der Waals surface area contributed by atoms with Crippen molar-refractivity contribution in [3.8, 4) is 73.1 Å². The molecule has 0 unspecified atom stereocenters. The quantitative estimate of drug-likeness (QED) is 0.173. The maximum Gasteiger partial charge on any atom is 0.138 e. The van der Waals surface area contributed by atoms with Crippen LogP contribution < -0.4 is 14.5 Å². The molecule has 5 nitrogen and oxygen atoms in total. The van der Waals surface area contributed by atoms with Gasteiger partial charge in [0.25, 0.3) is 0 Å². The van der Waals surface area contributed by atoms with E-state index < -0.39 is 59.3 Å². The number of pyridine rings is 1. The first kappa shape index (κ1) is 31.3. The lowest BCUT2D eigenvalue weighted by molar-refractivity contribution is 0.483. The van der Waals surface area contributed by atoms with Crippen molar-refractivity contribution >= 4 is 44.6 Å². The van der Waals surface area contributed by atoms with Gasteiger partial charge in [-0.3, -0.25) is 4.57 Å². The minimum absolute atomic E-state index is 0.00198. The topological polar surface area (TPSA) is 33.5 Å². The van der Waals surface area contributed by atoms with Crippen LogP contribution in [0.2, 0.25) is 0 Å². The number of hydrogen-bond acceptors (Lipinski definition) is 4. The molecule has 4 heterocycles. The molecule has 5 heteroatoms. The van der Waals surface area contributed by atoms with E-state index in [1.807, 2.05) is 60.7 Å². The normalized spacial score (nSPS) is 14.9. The summed E-state index contributed by atoms with van der Waals surface area (Å²) in [6.45, 7) is 6.68. The van der Waals surface area contributed by atoms with Gasteiger partial charge in [0.1, 0.15) is 24.0 Å². The minimum Gasteiger partial charge on any atom is -0.457 e. The average molecular weight is 899 g/mol. The summed E-state index contributed by atoms with van der Waals surface area (Å²) in [6, 6.07) is 49.7. The third kappa shape index (κ3) is 6.96. The van der Waals surface area contributed by atoms with Crippen molar-refractivity contribution in [2.45, 2.75) is 26.2 Å². The Morgan fingerprint density at radius 1 is 0.493 bits per heavy atom. The second-order valence-corrected chi connectivity index (χ2v) is 18.5. The van der Waals surface area contributed by atoms with E-state index in [0.717, 1.165) is 67.3 Å². The number of aromatic nitrogens is 2. The van der Waals surface area contributed by atoms with Crippen LogP contribution in [0, 0.1) is 0 Å². The van der Waals surface area contributed by atoms with Gasteiger partial charge in [0, 0.05) is 45.3 Å². The van der Waals surface area contributed by atoms with Crippen LogP contribution in [0.4, 0.5) is 22.7 Å². The molecule has 2 aliphatic rings. The summed E-state index contributed by atoms with van der Waals surface area (Å²) in [6.07, 6.45) is 0. The maximum absolute atomic E-state index is 9.92. The van der Waals surface area contributed by atoms with Crippen molar-refractivity contribution in [1.82, 2.24) is 9.55 Å². The van der Waals surface area contributed by atoms with Gasteiger partial charge < -0.3 is 14.5 Å². The van der Waals surface area contributed by atoms with Crippen LogP contribution in [-0.2, 0) is 5.41 Å². The Labute approximate surface area is 416 Å². The summed E-state index contributed by atoms with van der Waals surface area (Å²) in [4.78, 5) is 9.99. The molecule has 2 aromatic heterocycles. The molecule has 10 bridgehead atoms. The van der Waals surface area contributed by atoms with Crippen LogP contribution in [0.25, 0.3) is 83.4 Å². The van der Waals surface area contributed by atoms with E-state index in [1.54, 1.807) is 16.7 Å². The fraction of sp³-hybridized carbons (Fsp3) is 0.0781. The third-order valence-electron chi connectivity index (χ3n) is 13.2. The highest BCUT2D eigenvalue weighted by Gasteiger charge is 2.32. The zero-order valence-corrected chi connectivity index (χ0v) is 38.0. The molecule has 0 fully saturated rings. The number of ether oxygens (including phenoxy) is 1. The van der Waals surface area contributed by atoms with Crippen LogP contribution in [0.3, 0.4) is 0 Å². The summed E-state index contributed by atoms with van der Waals surface area (Å²) in [5.74, 6) is 0.676. The number of para-hydroxylation sites is 3. The first-order valence-electron chi connectivity index (χ1n) is 28.0. The van der Waals surface area contributed by atoms with Gasteiger partial charge in [-0.05, 0) is 111 Å². The second kappa shape index (κ2) is 16.0. The van der Waals surface area contributed by atoms with Crippen molar-refractivity contribution in [1.29, 1.82) is 0 Å². The van der Waals surface area contributed by atoms with Crippen molar-refractivity contribution in [2.75, 3.05) is 16.5 Å². The lowest BCUT2D eigenvalue weighted by atomic mass is 9.86. The van der Waals surface area contributed by atoms with Crippen LogP contribution in [-0.4, -0.2) is 16.2 Å². The summed E-state index contributed by atoms with van der Waals surface area (Å²) in [7, 11) is 0. The Hall–Kier alpha value is -8.67. The fourth-order valence-corrected chi connectivity index (χ4v) is 9.85. The lowest BCUT2D eigenvalue weighted by Crippen LogP contribution is -2.25. The standard InChI is InChI=1S/C64H48N4O/c1-64(2,3)47-37-57-46-22-14-21-45(35-46)51-25-10-11-26-53(51)55-28-16-27-52(43-19-8-5-9-20-43)63(55)67-41-66(59-29-12-13-30-60(59)67)48-23-15-24-49(39-48)69-50-32-33-54-56-36-44(42-17-6-4-7-18-42)31-34-58(56)68(61(54)40-50)62(38-47)65-57/h4-40H,41H2,1-3H3/i4D,6D,7D,17D,18D,31D,32D,33D,34D,36D. The van der Waals surface area contributed by atoms with Crippen LogP contribution in [0.15, 0.2) is 224 Å². The predicted octanol–water partition coefficient (Wildman–Crippen LogP) is 17.2. The van der Waals surface area contributed by atoms with E-state index >= 15 is 0 Å². The summed E-state index contributed by atoms with van der Waals surface area (Å²) >= 11 is 0. The molecule has 13 rings (SSSR count). The predicted molar refractivity (Wildman–Crippen MR) is 287 cm³/mol. The van der Waals surface area contributed by atoms with Gasteiger partial charge in [0.15, 0.2) is 0 Å². The fourth-order valence-electron chi connectivity index (χ4n) is 9.85. The van der Waals surface area contributed by atoms with E-state index in [2.05, 4.69) is 122 Å². The Morgan fingerprint density at radius 2 is 1.20 bits per heavy atom. The van der Waals surface area contributed by atoms with Crippen molar-refractivity contribution in [3.05, 3.63) is 230 Å². The molecule has 0 atom stereocenters. The van der Waals surface area contributed by atoms with Gasteiger partial charge in [-0.2, -0.15) is 0 Å². The zero-order chi connectivity index (χ0) is 54.9. The minimum atomic E-state index is -0.655. The Balaban J connectivity index is 1.14. The average Bonchev–Trinajstić information content (AvgIpc) is 4.12. The van der Waals surface area contributed by atoms with Crippen molar-refractivity contribution in [3.63, 3.8) is 0 Å². The maximum atomic E-state index is 9.92. The molecule has 11 aromatic rings. The Kier molecular flexibility index (Phi) is 7.26. The molecule has 0 amide bonds. The number of hydrogen-bond donors (Lipinski definition) is 0. The number of fused-ring (bicyclic) bond motifs is 23. The number of anilines is 4. The first-order chi connectivity index (χ1) is 38.0. The van der Waals surface area contributed by atoms with Gasteiger partial charge in [0.2, 0.25) is 0 Å². The Morgan fingerprint density at radius 3 is 2.04 bits per heavy atom. The molecule has 9 aromatic carbocycles. The number of rotatable bonds is 2. The van der Waals surface area contributed by atoms with E-state index in [-0.39, 0.29) is 45.2 Å². The molecule has 0 radical (unpaired) electrons. The molecule has 0 N–H and O–H groups in total. The first-order valence-corrected chi connectivity index (χ1v) is 23.0. The van der Waals surface area contributed by atoms with Crippen LogP contribution in [0.1, 0.15) is 40.0 Å². The number of benzene rings is 9. The smallest absolute Gasteiger partial charge is 0.138 e. The number of nitrogens with zero attached hydrogens (tertiary/aromatic N) is 4. The lowest BCUT2D eigenvalue weighted by Gasteiger charge is -2.28. The van der Waals surface area contributed by atoms with E-state index in [9.17, 15) is 6.85 Å². The van der Waals surface area contributed by atoms with Crippen molar-refractivity contribution in [2.24, 2.45) is 0 Å². The van der Waals surface area contributed by atoms with Gasteiger partial charge in [-0.25, -0.2) is 4.98 Å². The highest BCUT2D eigenvalue weighted by atomic mass is 16.5. The molecule has 2 aliphatic heterocycles. The summed E-state index contributed by atoms with van der Waals surface area (Å²) < 4.78 is 100. The summed E-state index contributed by atoms with van der Waals surface area (Å²) in [5.41, 5.74) is 11.1. The highest BCUT2D eigenvalue weighted by Crippen LogP contribution is 2.52. The van der Waals surface area contributed by atoms with Gasteiger partial charge in [-0.1, -0.05) is 166 Å². The third-order valence-corrected chi connectivity index (χ3v) is 13.2. The molecule has 0 saturated heterocycles. The molecule has 0 aliphatic carbocycles. The molecule has 330 valence electrons. The van der Waals surface area contributed by atoms with Crippen LogP contribution >= 0.6 is 0 Å². The van der Waals surface area contributed by atoms with E-state index in [4.69, 9.17) is 16.6 Å². The molecule has 69 heavy (non-hydrogen) atoms. The zero-order valence-electron chi connectivity index (χ0n) is 48.0. The highest BCUT2D eigenvalue weighted by molar-refractivity contribution is 6.11. The molecular weight excluding hydrogens is 841 g/mol. The molecular formula is C64H48N4O. The van der Waals surface area contributed by atoms with Gasteiger partial charge in [-0.15, -0.1) is 0 Å².